The largest absolute Gasteiger partial charge is 0.354 e. The molecule has 0 aliphatic rings. The van der Waals surface area contributed by atoms with Crippen LogP contribution in [-0.4, -0.2) is 37.0 Å². The molecule has 0 saturated heterocycles. The van der Waals surface area contributed by atoms with E-state index in [4.69, 9.17) is 0 Å². The number of rotatable bonds is 7. The van der Waals surface area contributed by atoms with Crippen LogP contribution in [0.5, 0.6) is 0 Å². The summed E-state index contributed by atoms with van der Waals surface area (Å²) in [6, 6.07) is 6.12. The van der Waals surface area contributed by atoms with Crippen molar-refractivity contribution < 1.29 is 4.79 Å². The van der Waals surface area contributed by atoms with Gasteiger partial charge in [-0.05, 0) is 53.7 Å². The summed E-state index contributed by atoms with van der Waals surface area (Å²) in [5, 5.41) is 15.0. The van der Waals surface area contributed by atoms with Gasteiger partial charge in [-0.25, -0.2) is 9.67 Å². The van der Waals surface area contributed by atoms with Crippen LogP contribution in [0.3, 0.4) is 0 Å². The van der Waals surface area contributed by atoms with Crippen molar-refractivity contribution in [3.63, 3.8) is 0 Å². The van der Waals surface area contributed by atoms with Crippen molar-refractivity contribution in [2.75, 3.05) is 6.54 Å². The number of thiophene rings is 1. The Morgan fingerprint density at radius 2 is 2.10 bits per heavy atom. The molecule has 4 aromatic heterocycles. The molecule has 0 aliphatic heterocycles. The van der Waals surface area contributed by atoms with E-state index in [9.17, 15) is 4.79 Å². The van der Waals surface area contributed by atoms with E-state index in [1.807, 2.05) is 36.9 Å². The third-order valence-corrected chi connectivity index (χ3v) is 6.34. The number of fused-ring (bicyclic) bond motifs is 1. The lowest BCUT2D eigenvalue weighted by Gasteiger charge is -2.07. The van der Waals surface area contributed by atoms with Gasteiger partial charge in [-0.3, -0.25) is 9.48 Å². The highest BCUT2D eigenvalue weighted by molar-refractivity contribution is 9.10. The zero-order chi connectivity index (χ0) is 20.4. The van der Waals surface area contributed by atoms with Crippen LogP contribution in [0.15, 0.2) is 40.4 Å². The van der Waals surface area contributed by atoms with Crippen LogP contribution in [0.4, 0.5) is 0 Å². The predicted octanol–water partition coefficient (Wildman–Crippen LogP) is 3.94. The van der Waals surface area contributed by atoms with Crippen LogP contribution >= 0.6 is 27.3 Å². The van der Waals surface area contributed by atoms with E-state index in [0.717, 1.165) is 45.4 Å². The first-order valence-electron chi connectivity index (χ1n) is 9.35. The van der Waals surface area contributed by atoms with Crippen molar-refractivity contribution in [1.29, 1.82) is 0 Å². The fourth-order valence-electron chi connectivity index (χ4n) is 3.30. The van der Waals surface area contributed by atoms with Crippen LogP contribution in [0.2, 0.25) is 0 Å². The summed E-state index contributed by atoms with van der Waals surface area (Å²) in [6.45, 7) is 5.40. The minimum absolute atomic E-state index is 0.0736. The molecule has 0 spiro atoms. The van der Waals surface area contributed by atoms with Gasteiger partial charge in [0.05, 0.1) is 21.2 Å². The van der Waals surface area contributed by atoms with Gasteiger partial charge < -0.3 is 5.32 Å². The third kappa shape index (κ3) is 4.25. The maximum absolute atomic E-state index is 12.4. The van der Waals surface area contributed by atoms with E-state index < -0.39 is 0 Å². The molecule has 0 aliphatic carbocycles. The van der Waals surface area contributed by atoms with Crippen LogP contribution < -0.4 is 5.32 Å². The zero-order valence-electron chi connectivity index (χ0n) is 16.2. The molecule has 1 amide bonds. The number of aryl methyl sites for hydroxylation is 3. The Morgan fingerprint density at radius 3 is 2.83 bits per heavy atom. The molecule has 0 fully saturated rings. The Hall–Kier alpha value is -2.52. The molecule has 0 radical (unpaired) electrons. The van der Waals surface area contributed by atoms with Gasteiger partial charge in [0.1, 0.15) is 6.54 Å². The molecule has 150 valence electrons. The van der Waals surface area contributed by atoms with Crippen molar-refractivity contribution in [2.24, 2.45) is 0 Å². The first kappa shape index (κ1) is 19.8. The molecular weight excluding hydrogens is 452 g/mol. The van der Waals surface area contributed by atoms with Gasteiger partial charge in [-0.1, -0.05) is 6.07 Å². The number of nitrogens with one attached hydrogen (secondary N) is 1. The first-order valence-corrected chi connectivity index (χ1v) is 11.0. The number of pyridine rings is 1. The van der Waals surface area contributed by atoms with Gasteiger partial charge in [0, 0.05) is 35.9 Å². The highest BCUT2D eigenvalue weighted by Crippen LogP contribution is 2.32. The second-order valence-corrected chi connectivity index (χ2v) is 8.61. The van der Waals surface area contributed by atoms with E-state index in [1.54, 1.807) is 22.2 Å². The van der Waals surface area contributed by atoms with Crippen LogP contribution in [0, 0.1) is 13.8 Å². The van der Waals surface area contributed by atoms with Gasteiger partial charge in [0.25, 0.3) is 0 Å². The van der Waals surface area contributed by atoms with E-state index in [1.165, 1.54) is 4.88 Å². The number of hydrogen-bond donors (Lipinski definition) is 1. The molecule has 1 N–H and O–H groups in total. The maximum Gasteiger partial charge on any atom is 0.241 e. The number of halogens is 1. The van der Waals surface area contributed by atoms with Gasteiger partial charge in [0.15, 0.2) is 5.65 Å². The number of amides is 1. The molecule has 29 heavy (non-hydrogen) atoms. The Balaban J connectivity index is 1.40. The van der Waals surface area contributed by atoms with E-state index in [0.29, 0.717) is 6.54 Å². The van der Waals surface area contributed by atoms with Crippen LogP contribution in [0.1, 0.15) is 17.8 Å². The molecule has 9 heteroatoms. The lowest BCUT2D eigenvalue weighted by molar-refractivity contribution is -0.121. The molecule has 0 aromatic carbocycles. The Morgan fingerprint density at radius 1 is 1.24 bits per heavy atom. The summed E-state index contributed by atoms with van der Waals surface area (Å²) in [5.74, 6) is -0.0736. The van der Waals surface area contributed by atoms with Crippen molar-refractivity contribution in [3.8, 4) is 10.4 Å². The number of carbonyl (C=O) groups is 1. The van der Waals surface area contributed by atoms with Gasteiger partial charge >= 0.3 is 0 Å². The average Bonchev–Trinajstić information content (AvgIpc) is 3.41. The third-order valence-electron chi connectivity index (χ3n) is 4.66. The number of carbonyl (C=O) groups excluding carboxylic acids is 1. The molecule has 0 unspecified atom stereocenters. The molecule has 4 rings (SSSR count). The van der Waals surface area contributed by atoms with Gasteiger partial charge in [-0.2, -0.15) is 10.2 Å². The smallest absolute Gasteiger partial charge is 0.241 e. The van der Waals surface area contributed by atoms with Crippen molar-refractivity contribution in [2.45, 2.75) is 33.4 Å². The second-order valence-electron chi connectivity index (χ2n) is 6.81. The molecule has 0 saturated carbocycles. The molecule has 0 atom stereocenters. The van der Waals surface area contributed by atoms with Crippen molar-refractivity contribution >= 4 is 44.2 Å². The van der Waals surface area contributed by atoms with Crippen LogP contribution in [0.25, 0.3) is 21.5 Å². The topological polar surface area (TPSA) is 77.6 Å². The minimum Gasteiger partial charge on any atom is -0.354 e. The van der Waals surface area contributed by atoms with E-state index >= 15 is 0 Å². The fourth-order valence-corrected chi connectivity index (χ4v) is 4.37. The minimum atomic E-state index is -0.0736. The normalized spacial score (nSPS) is 11.3. The quantitative estimate of drug-likeness (QED) is 0.413. The fraction of sp³-hybridized carbons (Fsp3) is 0.300. The maximum atomic E-state index is 12.4. The average molecular weight is 473 g/mol. The summed E-state index contributed by atoms with van der Waals surface area (Å²) in [7, 11) is 0. The summed E-state index contributed by atoms with van der Waals surface area (Å²) in [4.78, 5) is 18.1. The summed E-state index contributed by atoms with van der Waals surface area (Å²) >= 11 is 5.14. The Labute approximate surface area is 180 Å². The Bertz CT molecular complexity index is 1130. The summed E-state index contributed by atoms with van der Waals surface area (Å²) in [5.41, 5.74) is 3.68. The predicted molar refractivity (Wildman–Crippen MR) is 118 cm³/mol. The van der Waals surface area contributed by atoms with Crippen molar-refractivity contribution in [1.82, 2.24) is 29.9 Å². The lowest BCUT2D eigenvalue weighted by Crippen LogP contribution is -2.29. The van der Waals surface area contributed by atoms with Gasteiger partial charge in [-0.15, -0.1) is 11.3 Å². The molecular formula is C20H21BrN6OS. The van der Waals surface area contributed by atoms with E-state index in [-0.39, 0.29) is 12.5 Å². The second kappa shape index (κ2) is 8.46. The van der Waals surface area contributed by atoms with Gasteiger partial charge in [0.2, 0.25) is 5.91 Å². The SMILES string of the molecule is Cc1nn(CCCNC(=O)Cn2nc(C)c3c(-c4cccs4)ccnc32)cc1Br. The summed E-state index contributed by atoms with van der Waals surface area (Å²) < 4.78 is 4.56. The number of hydrogen-bond acceptors (Lipinski definition) is 5. The zero-order valence-corrected chi connectivity index (χ0v) is 18.6. The summed E-state index contributed by atoms with van der Waals surface area (Å²) in [6.07, 6.45) is 4.53. The van der Waals surface area contributed by atoms with Crippen LogP contribution in [-0.2, 0) is 17.9 Å². The number of aromatic nitrogens is 5. The standard InChI is InChI=1S/C20H21BrN6OS/c1-13-16(21)11-26(24-13)9-4-7-22-18(28)12-27-20-19(14(2)25-27)15(6-8-23-20)17-5-3-10-29-17/h3,5-6,8,10-11H,4,7,9,12H2,1-2H3,(H,22,28). The molecule has 4 heterocycles. The highest BCUT2D eigenvalue weighted by Gasteiger charge is 2.16. The number of nitrogens with zero attached hydrogens (tertiary/aromatic N) is 5. The molecule has 4 aromatic rings. The Kier molecular flexibility index (Phi) is 5.77. The van der Waals surface area contributed by atoms with E-state index in [2.05, 4.69) is 47.9 Å². The first-order chi connectivity index (χ1) is 14.0. The monoisotopic (exact) mass is 472 g/mol. The van der Waals surface area contributed by atoms with Crippen molar-refractivity contribution in [3.05, 3.63) is 51.8 Å². The molecule has 7 nitrogen and oxygen atoms in total. The highest BCUT2D eigenvalue weighted by atomic mass is 79.9. The molecule has 0 bridgehead atoms. The lowest BCUT2D eigenvalue weighted by atomic mass is 10.1.